The predicted octanol–water partition coefficient (Wildman–Crippen LogP) is 3.37. The van der Waals surface area contributed by atoms with Crippen molar-refractivity contribution in [1.82, 2.24) is 4.90 Å². The van der Waals surface area contributed by atoms with Crippen molar-refractivity contribution >= 4 is 33.1 Å². The minimum Gasteiger partial charge on any atom is -0.486 e. The molecule has 2 aromatic rings. The summed E-state index contributed by atoms with van der Waals surface area (Å²) in [4.78, 5) is 26.9. The van der Waals surface area contributed by atoms with Crippen molar-refractivity contribution in [3.8, 4) is 5.75 Å². The summed E-state index contributed by atoms with van der Waals surface area (Å²) in [5.41, 5.74) is 3.82. The van der Waals surface area contributed by atoms with E-state index in [1.807, 2.05) is 6.07 Å². The van der Waals surface area contributed by atoms with Crippen LogP contribution in [0.5, 0.6) is 5.75 Å². The number of nitrogens with zero attached hydrogens (tertiary/aromatic N) is 1. The number of carbonyl (C=O) groups excluding carboxylic acids is 2. The SMILES string of the molecule is CC(=O)Nc1ccc2c(c1)CC[C@@H](N1CCC3(CC1)CC(=O)c1cc(NS(C)(=O)=O)ccc1O3)C2. The first-order chi connectivity index (χ1) is 16.6. The van der Waals surface area contributed by atoms with E-state index in [4.69, 9.17) is 4.74 Å². The molecule has 2 N–H and O–H groups in total. The Bertz CT molecular complexity index is 1280. The van der Waals surface area contributed by atoms with Gasteiger partial charge < -0.3 is 10.1 Å². The van der Waals surface area contributed by atoms with Crippen LogP contribution in [0.3, 0.4) is 0 Å². The van der Waals surface area contributed by atoms with Gasteiger partial charge in [0.25, 0.3) is 0 Å². The zero-order valence-electron chi connectivity index (χ0n) is 20.1. The van der Waals surface area contributed by atoms with Crippen molar-refractivity contribution in [3.63, 3.8) is 0 Å². The van der Waals surface area contributed by atoms with Crippen LogP contribution in [0.25, 0.3) is 0 Å². The number of Topliss-reactive ketones (excluding diaryl/α,β-unsaturated/α-hetero) is 1. The number of hydrogen-bond acceptors (Lipinski definition) is 6. The van der Waals surface area contributed by atoms with Gasteiger partial charge in [0.05, 0.1) is 18.2 Å². The Labute approximate surface area is 206 Å². The zero-order valence-corrected chi connectivity index (χ0v) is 20.9. The van der Waals surface area contributed by atoms with Gasteiger partial charge in [0.15, 0.2) is 5.78 Å². The third-order valence-corrected chi connectivity index (χ3v) is 7.95. The molecule has 5 rings (SSSR count). The summed E-state index contributed by atoms with van der Waals surface area (Å²) in [6, 6.07) is 11.6. The lowest BCUT2D eigenvalue weighted by molar-refractivity contribution is -0.114. The van der Waals surface area contributed by atoms with Crippen molar-refractivity contribution in [2.75, 3.05) is 29.4 Å². The van der Waals surface area contributed by atoms with Gasteiger partial charge in [-0.25, -0.2) is 8.42 Å². The third-order valence-electron chi connectivity index (χ3n) is 7.35. The quantitative estimate of drug-likeness (QED) is 0.671. The van der Waals surface area contributed by atoms with Crippen LogP contribution < -0.4 is 14.8 Å². The highest BCUT2D eigenvalue weighted by Gasteiger charge is 2.44. The molecule has 1 amide bonds. The summed E-state index contributed by atoms with van der Waals surface area (Å²) in [5.74, 6) is 0.478. The summed E-state index contributed by atoms with van der Waals surface area (Å²) >= 11 is 0. The number of fused-ring (bicyclic) bond motifs is 2. The van der Waals surface area contributed by atoms with E-state index in [0.29, 0.717) is 29.5 Å². The molecule has 2 aliphatic heterocycles. The van der Waals surface area contributed by atoms with Crippen molar-refractivity contribution in [2.45, 2.75) is 57.1 Å². The second-order valence-corrected chi connectivity index (χ2v) is 11.8. The second kappa shape index (κ2) is 8.95. The number of nitrogens with one attached hydrogen (secondary N) is 2. The van der Waals surface area contributed by atoms with Crippen molar-refractivity contribution < 1.29 is 22.7 Å². The van der Waals surface area contributed by atoms with E-state index in [2.05, 4.69) is 27.1 Å². The first-order valence-electron chi connectivity index (χ1n) is 12.1. The molecule has 2 heterocycles. The highest BCUT2D eigenvalue weighted by atomic mass is 32.2. The van der Waals surface area contributed by atoms with Crippen LogP contribution >= 0.6 is 0 Å². The normalized spacial score (nSPS) is 21.5. The molecule has 8 nitrogen and oxygen atoms in total. The van der Waals surface area contributed by atoms with Gasteiger partial charge in [-0.15, -0.1) is 0 Å². The van der Waals surface area contributed by atoms with Crippen LogP contribution in [0, 0.1) is 0 Å². The van der Waals surface area contributed by atoms with E-state index in [9.17, 15) is 18.0 Å². The fourth-order valence-electron chi connectivity index (χ4n) is 5.68. The monoisotopic (exact) mass is 497 g/mol. The number of aryl methyl sites for hydroxylation is 1. The minimum absolute atomic E-state index is 0.00146. The first kappa shape index (κ1) is 23.8. The number of anilines is 2. The lowest BCUT2D eigenvalue weighted by Crippen LogP contribution is -2.54. The maximum Gasteiger partial charge on any atom is 0.229 e. The summed E-state index contributed by atoms with van der Waals surface area (Å²) in [7, 11) is -3.42. The number of ether oxygens (including phenoxy) is 1. The Morgan fingerprint density at radius 1 is 1.09 bits per heavy atom. The van der Waals surface area contributed by atoms with E-state index in [0.717, 1.165) is 57.1 Å². The summed E-state index contributed by atoms with van der Waals surface area (Å²) in [5, 5.41) is 2.86. The molecule has 0 aromatic heterocycles. The lowest BCUT2D eigenvalue weighted by Gasteiger charge is -2.46. The molecule has 0 radical (unpaired) electrons. The highest BCUT2D eigenvalue weighted by Crippen LogP contribution is 2.41. The molecule has 1 aliphatic carbocycles. The largest absolute Gasteiger partial charge is 0.486 e. The van der Waals surface area contributed by atoms with Gasteiger partial charge in [-0.2, -0.15) is 0 Å². The maximum atomic E-state index is 13.0. The average Bonchev–Trinajstić information content (AvgIpc) is 2.78. The summed E-state index contributed by atoms with van der Waals surface area (Å²) in [6.45, 7) is 3.27. The van der Waals surface area contributed by atoms with Gasteiger partial charge in [0, 0.05) is 50.3 Å². The predicted molar refractivity (Wildman–Crippen MR) is 135 cm³/mol. The smallest absolute Gasteiger partial charge is 0.229 e. The minimum atomic E-state index is -3.42. The highest BCUT2D eigenvalue weighted by molar-refractivity contribution is 7.92. The Morgan fingerprint density at radius 3 is 2.54 bits per heavy atom. The Balaban J connectivity index is 1.23. The van der Waals surface area contributed by atoms with Crippen LogP contribution in [0.15, 0.2) is 36.4 Å². The molecule has 1 saturated heterocycles. The lowest BCUT2D eigenvalue weighted by atomic mass is 9.80. The van der Waals surface area contributed by atoms with Crippen LogP contribution in [-0.2, 0) is 27.7 Å². The molecule has 1 fully saturated rings. The molecule has 9 heteroatoms. The molecule has 0 saturated carbocycles. The molecular formula is C26H31N3O5S. The van der Waals surface area contributed by atoms with Crippen LogP contribution in [0.2, 0.25) is 0 Å². The van der Waals surface area contributed by atoms with Gasteiger partial charge in [0.2, 0.25) is 15.9 Å². The standard InChI is InChI=1S/C26H31N3O5S/c1-17(30)27-20-5-3-19-14-22(7-4-18(19)13-20)29-11-9-26(10-12-29)16-24(31)23-15-21(28-35(2,32)33)6-8-25(23)34-26/h3,5-6,8,13,15,22,28H,4,7,9-12,14,16H2,1-2H3,(H,27,30)/t22-/m1/s1. The number of ketones is 1. The van der Waals surface area contributed by atoms with Crippen molar-refractivity contribution in [3.05, 3.63) is 53.1 Å². The Morgan fingerprint density at radius 2 is 1.83 bits per heavy atom. The van der Waals surface area contributed by atoms with Gasteiger partial charge in [0.1, 0.15) is 11.4 Å². The van der Waals surface area contributed by atoms with Gasteiger partial charge in [-0.05, 0) is 60.7 Å². The van der Waals surface area contributed by atoms with E-state index in [1.165, 1.54) is 18.1 Å². The van der Waals surface area contributed by atoms with E-state index < -0.39 is 15.6 Å². The molecule has 1 spiro atoms. The zero-order chi connectivity index (χ0) is 24.8. The summed E-state index contributed by atoms with van der Waals surface area (Å²) < 4.78 is 31.9. The van der Waals surface area contributed by atoms with Gasteiger partial charge in [-0.3, -0.25) is 19.2 Å². The first-order valence-corrected chi connectivity index (χ1v) is 14.0. The maximum absolute atomic E-state index is 13.0. The topological polar surface area (TPSA) is 105 Å². The molecular weight excluding hydrogens is 466 g/mol. The number of benzene rings is 2. The molecule has 1 atom stereocenters. The number of piperidine rings is 1. The summed E-state index contributed by atoms with van der Waals surface area (Å²) in [6.07, 6.45) is 6.01. The molecule has 0 bridgehead atoms. The molecule has 2 aromatic carbocycles. The van der Waals surface area contributed by atoms with Crippen molar-refractivity contribution in [1.29, 1.82) is 0 Å². The van der Waals surface area contributed by atoms with Crippen LogP contribution in [-0.4, -0.2) is 56.0 Å². The number of hydrogen-bond donors (Lipinski definition) is 2. The fourth-order valence-corrected chi connectivity index (χ4v) is 6.23. The van der Waals surface area contributed by atoms with Gasteiger partial charge in [-0.1, -0.05) is 6.07 Å². The van der Waals surface area contributed by atoms with E-state index in [1.54, 1.807) is 18.2 Å². The number of likely N-dealkylation sites (tertiary alicyclic amines) is 1. The van der Waals surface area contributed by atoms with E-state index >= 15 is 0 Å². The van der Waals surface area contributed by atoms with E-state index in [-0.39, 0.29) is 11.7 Å². The van der Waals surface area contributed by atoms with Crippen molar-refractivity contribution in [2.24, 2.45) is 0 Å². The number of rotatable bonds is 4. The Kier molecular flexibility index (Phi) is 6.09. The number of carbonyl (C=O) groups is 2. The fraction of sp³-hybridized carbons (Fsp3) is 0.462. The molecule has 186 valence electrons. The second-order valence-electron chi connectivity index (χ2n) is 10.1. The number of amides is 1. The van der Waals surface area contributed by atoms with Crippen LogP contribution in [0.4, 0.5) is 11.4 Å². The number of sulfonamides is 1. The van der Waals surface area contributed by atoms with Crippen LogP contribution in [0.1, 0.15) is 54.1 Å². The molecule has 0 unspecified atom stereocenters. The average molecular weight is 498 g/mol. The molecule has 35 heavy (non-hydrogen) atoms. The molecule has 3 aliphatic rings. The Hall–Kier alpha value is -2.91. The third kappa shape index (κ3) is 5.21. The van der Waals surface area contributed by atoms with Gasteiger partial charge >= 0.3 is 0 Å².